The summed E-state index contributed by atoms with van der Waals surface area (Å²) < 4.78 is 7.06. The summed E-state index contributed by atoms with van der Waals surface area (Å²) in [5.74, 6) is 5.27. The van der Waals surface area contributed by atoms with E-state index in [1.54, 1.807) is 10.7 Å². The van der Waals surface area contributed by atoms with E-state index >= 15 is 0 Å². The van der Waals surface area contributed by atoms with E-state index in [2.05, 4.69) is 10.5 Å². The number of hydrazine groups is 1. The van der Waals surface area contributed by atoms with Gasteiger partial charge in [-0.3, -0.25) is 14.9 Å². The van der Waals surface area contributed by atoms with Gasteiger partial charge in [-0.15, -0.1) is 0 Å². The molecule has 0 saturated carbocycles. The second-order valence-corrected chi connectivity index (χ2v) is 3.82. The molecule has 0 aromatic carbocycles. The summed E-state index contributed by atoms with van der Waals surface area (Å²) in [4.78, 5) is 11.4. The molecule has 0 spiro atoms. The lowest BCUT2D eigenvalue weighted by Crippen LogP contribution is -2.30. The Morgan fingerprint density at radius 3 is 2.94 bits per heavy atom. The Morgan fingerprint density at radius 1 is 1.59 bits per heavy atom. The van der Waals surface area contributed by atoms with E-state index in [4.69, 9.17) is 10.3 Å². The number of nitrogens with two attached hydrogens (primary N) is 1. The van der Waals surface area contributed by atoms with Crippen LogP contribution in [-0.4, -0.2) is 15.7 Å². The Kier molecular flexibility index (Phi) is 2.97. The standard InChI is InChI=1S/C11H14N4O2/c1-7-5-8(2)15(14-7)6-10-9(3-4-17-10)11(16)13-12/h3-5H,6,12H2,1-2H3,(H,13,16). The van der Waals surface area contributed by atoms with Gasteiger partial charge in [0.05, 0.1) is 17.5 Å². The molecular weight excluding hydrogens is 220 g/mol. The zero-order valence-corrected chi connectivity index (χ0v) is 9.73. The van der Waals surface area contributed by atoms with Crippen LogP contribution in [0.2, 0.25) is 0 Å². The van der Waals surface area contributed by atoms with Crippen LogP contribution in [0.4, 0.5) is 0 Å². The van der Waals surface area contributed by atoms with Crippen LogP contribution in [-0.2, 0) is 6.54 Å². The highest BCUT2D eigenvalue weighted by atomic mass is 16.3. The van der Waals surface area contributed by atoms with Gasteiger partial charge in [0.15, 0.2) is 0 Å². The number of carbonyl (C=O) groups is 1. The quantitative estimate of drug-likeness (QED) is 0.466. The Labute approximate surface area is 98.4 Å². The average Bonchev–Trinajstić information content (AvgIpc) is 2.86. The van der Waals surface area contributed by atoms with Crippen molar-refractivity contribution < 1.29 is 9.21 Å². The summed E-state index contributed by atoms with van der Waals surface area (Å²) in [6.07, 6.45) is 1.46. The van der Waals surface area contributed by atoms with Crippen molar-refractivity contribution in [1.82, 2.24) is 15.2 Å². The minimum absolute atomic E-state index is 0.365. The summed E-state index contributed by atoms with van der Waals surface area (Å²) in [7, 11) is 0. The van der Waals surface area contributed by atoms with Crippen LogP contribution >= 0.6 is 0 Å². The number of aryl methyl sites for hydroxylation is 2. The lowest BCUT2D eigenvalue weighted by molar-refractivity contribution is 0.0951. The SMILES string of the molecule is Cc1cc(C)n(Cc2occc2C(=O)NN)n1. The molecule has 17 heavy (non-hydrogen) atoms. The lowest BCUT2D eigenvalue weighted by Gasteiger charge is -2.04. The van der Waals surface area contributed by atoms with Crippen LogP contribution in [0.3, 0.4) is 0 Å². The Morgan fingerprint density at radius 2 is 2.35 bits per heavy atom. The van der Waals surface area contributed by atoms with Gasteiger partial charge >= 0.3 is 0 Å². The molecule has 6 heteroatoms. The first-order chi connectivity index (χ1) is 8.11. The van der Waals surface area contributed by atoms with Gasteiger partial charge in [0.25, 0.3) is 5.91 Å². The van der Waals surface area contributed by atoms with Gasteiger partial charge in [-0.25, -0.2) is 5.84 Å². The topological polar surface area (TPSA) is 86.1 Å². The van der Waals surface area contributed by atoms with Crippen LogP contribution in [0, 0.1) is 13.8 Å². The Bertz CT molecular complexity index is 541. The molecule has 0 aliphatic heterocycles. The van der Waals surface area contributed by atoms with Gasteiger partial charge in [-0.05, 0) is 26.0 Å². The van der Waals surface area contributed by atoms with Crippen molar-refractivity contribution in [3.63, 3.8) is 0 Å². The van der Waals surface area contributed by atoms with Gasteiger partial charge in [0.2, 0.25) is 0 Å². The number of carbonyl (C=O) groups excluding carboxylic acids is 1. The molecule has 0 atom stereocenters. The highest BCUT2D eigenvalue weighted by Gasteiger charge is 2.15. The van der Waals surface area contributed by atoms with E-state index in [1.807, 2.05) is 19.9 Å². The molecule has 2 aromatic rings. The van der Waals surface area contributed by atoms with Crippen molar-refractivity contribution in [3.8, 4) is 0 Å². The lowest BCUT2D eigenvalue weighted by atomic mass is 10.2. The predicted molar refractivity (Wildman–Crippen MR) is 61.2 cm³/mol. The Hall–Kier alpha value is -2.08. The van der Waals surface area contributed by atoms with Crippen molar-refractivity contribution >= 4 is 5.91 Å². The average molecular weight is 234 g/mol. The molecule has 90 valence electrons. The van der Waals surface area contributed by atoms with Crippen molar-refractivity contribution in [3.05, 3.63) is 41.1 Å². The number of amides is 1. The van der Waals surface area contributed by atoms with Crippen LogP contribution < -0.4 is 11.3 Å². The summed E-state index contributed by atoms with van der Waals surface area (Å²) in [6, 6.07) is 3.55. The van der Waals surface area contributed by atoms with Crippen LogP contribution in [0.25, 0.3) is 0 Å². The molecule has 1 amide bonds. The van der Waals surface area contributed by atoms with Gasteiger partial charge in [0, 0.05) is 5.69 Å². The summed E-state index contributed by atoms with van der Waals surface area (Å²) in [6.45, 7) is 4.28. The number of nitrogens with one attached hydrogen (secondary N) is 1. The highest BCUT2D eigenvalue weighted by Crippen LogP contribution is 2.13. The van der Waals surface area contributed by atoms with Gasteiger partial charge in [-0.1, -0.05) is 0 Å². The fourth-order valence-corrected chi connectivity index (χ4v) is 1.71. The van der Waals surface area contributed by atoms with E-state index in [1.165, 1.54) is 6.26 Å². The minimum Gasteiger partial charge on any atom is -0.467 e. The van der Waals surface area contributed by atoms with Gasteiger partial charge in [0.1, 0.15) is 12.3 Å². The number of hydrogen-bond donors (Lipinski definition) is 2. The largest absolute Gasteiger partial charge is 0.467 e. The highest BCUT2D eigenvalue weighted by molar-refractivity contribution is 5.94. The van der Waals surface area contributed by atoms with Gasteiger partial charge < -0.3 is 4.42 Å². The van der Waals surface area contributed by atoms with Crippen LogP contribution in [0.1, 0.15) is 27.5 Å². The maximum Gasteiger partial charge on any atom is 0.268 e. The van der Waals surface area contributed by atoms with E-state index in [0.29, 0.717) is 17.9 Å². The van der Waals surface area contributed by atoms with E-state index in [0.717, 1.165) is 11.4 Å². The van der Waals surface area contributed by atoms with Gasteiger partial charge in [-0.2, -0.15) is 5.10 Å². The number of nitrogen functional groups attached to an aromatic ring is 1. The molecule has 2 rings (SSSR count). The number of nitrogens with zero attached hydrogens (tertiary/aromatic N) is 2. The predicted octanol–water partition coefficient (Wildman–Crippen LogP) is 0.745. The number of hydrogen-bond acceptors (Lipinski definition) is 4. The smallest absolute Gasteiger partial charge is 0.268 e. The summed E-state index contributed by atoms with van der Waals surface area (Å²) in [5.41, 5.74) is 4.46. The Balaban J connectivity index is 2.27. The zero-order valence-electron chi connectivity index (χ0n) is 9.73. The fourth-order valence-electron chi connectivity index (χ4n) is 1.71. The second-order valence-electron chi connectivity index (χ2n) is 3.82. The van der Waals surface area contributed by atoms with Crippen molar-refractivity contribution in [1.29, 1.82) is 0 Å². The monoisotopic (exact) mass is 234 g/mol. The van der Waals surface area contributed by atoms with Crippen LogP contribution in [0.5, 0.6) is 0 Å². The maximum atomic E-state index is 11.4. The minimum atomic E-state index is -0.365. The molecular formula is C11H14N4O2. The third-order valence-electron chi connectivity index (χ3n) is 2.52. The normalized spacial score (nSPS) is 10.5. The molecule has 6 nitrogen and oxygen atoms in total. The van der Waals surface area contributed by atoms with E-state index < -0.39 is 0 Å². The molecule has 2 aromatic heterocycles. The zero-order chi connectivity index (χ0) is 12.4. The second kappa shape index (κ2) is 4.42. The number of aromatic nitrogens is 2. The summed E-state index contributed by atoms with van der Waals surface area (Å²) in [5, 5.41) is 4.31. The third kappa shape index (κ3) is 2.21. The molecule has 0 saturated heterocycles. The number of rotatable bonds is 3. The molecule has 0 radical (unpaired) electrons. The molecule has 0 fully saturated rings. The van der Waals surface area contributed by atoms with Crippen molar-refractivity contribution in [2.24, 2.45) is 5.84 Å². The number of furan rings is 1. The molecule has 0 aliphatic rings. The van der Waals surface area contributed by atoms with E-state index in [9.17, 15) is 4.79 Å². The first-order valence-electron chi connectivity index (χ1n) is 5.20. The molecule has 0 aliphatic carbocycles. The molecule has 2 heterocycles. The maximum absolute atomic E-state index is 11.4. The van der Waals surface area contributed by atoms with E-state index in [-0.39, 0.29) is 5.91 Å². The first kappa shape index (κ1) is 11.4. The van der Waals surface area contributed by atoms with Crippen molar-refractivity contribution in [2.75, 3.05) is 0 Å². The van der Waals surface area contributed by atoms with Crippen molar-refractivity contribution in [2.45, 2.75) is 20.4 Å². The molecule has 3 N–H and O–H groups in total. The molecule has 0 unspecified atom stereocenters. The third-order valence-corrected chi connectivity index (χ3v) is 2.52. The first-order valence-corrected chi connectivity index (χ1v) is 5.20. The summed E-state index contributed by atoms with van der Waals surface area (Å²) >= 11 is 0. The van der Waals surface area contributed by atoms with Crippen LogP contribution in [0.15, 0.2) is 22.8 Å². The fraction of sp³-hybridized carbons (Fsp3) is 0.273. The molecule has 0 bridgehead atoms.